The van der Waals surface area contributed by atoms with Crippen molar-refractivity contribution >= 4 is 5.91 Å². The number of ether oxygens (including phenoxy) is 2. The maximum Gasteiger partial charge on any atom is 0.253 e. The summed E-state index contributed by atoms with van der Waals surface area (Å²) in [5.74, 6) is 0.496. The van der Waals surface area contributed by atoms with Crippen molar-refractivity contribution in [2.24, 2.45) is 0 Å². The van der Waals surface area contributed by atoms with Gasteiger partial charge in [0.05, 0.1) is 48.6 Å². The van der Waals surface area contributed by atoms with Gasteiger partial charge in [0.25, 0.3) is 5.91 Å². The zero-order valence-electron chi connectivity index (χ0n) is 14.7. The summed E-state index contributed by atoms with van der Waals surface area (Å²) in [6.45, 7) is 7.40. The Hall–Kier alpha value is -2.48. The summed E-state index contributed by atoms with van der Waals surface area (Å²) in [6.07, 6.45) is 3.90. The van der Waals surface area contributed by atoms with Gasteiger partial charge in [-0.25, -0.2) is 0 Å². The van der Waals surface area contributed by atoms with E-state index in [0.717, 1.165) is 6.54 Å². The fraction of sp³-hybridized carbons (Fsp3) is 0.529. The van der Waals surface area contributed by atoms with Crippen molar-refractivity contribution in [3.8, 4) is 5.75 Å². The van der Waals surface area contributed by atoms with Crippen LogP contribution in [0.15, 0.2) is 18.5 Å². The molecule has 2 aromatic heterocycles. The van der Waals surface area contributed by atoms with Crippen LogP contribution in [0, 0.1) is 6.92 Å². The highest BCUT2D eigenvalue weighted by atomic mass is 16.5. The van der Waals surface area contributed by atoms with Crippen LogP contribution in [0.2, 0.25) is 0 Å². The molecule has 1 aliphatic heterocycles. The van der Waals surface area contributed by atoms with Crippen LogP contribution in [0.4, 0.5) is 0 Å². The average Bonchev–Trinajstić information content (AvgIpc) is 3.24. The Bertz CT molecular complexity index is 746. The molecule has 0 spiro atoms. The van der Waals surface area contributed by atoms with Gasteiger partial charge in [-0.3, -0.25) is 9.48 Å². The Morgan fingerprint density at radius 3 is 2.96 bits per heavy atom. The lowest BCUT2D eigenvalue weighted by Gasteiger charge is -2.20. The minimum Gasteiger partial charge on any atom is -0.482 e. The molecule has 1 amide bonds. The van der Waals surface area contributed by atoms with E-state index in [4.69, 9.17) is 9.47 Å². The van der Waals surface area contributed by atoms with Gasteiger partial charge in [-0.05, 0) is 26.3 Å². The molecule has 0 aliphatic carbocycles. The van der Waals surface area contributed by atoms with Gasteiger partial charge in [0.15, 0.2) is 5.75 Å². The Labute approximate surface area is 146 Å². The molecule has 8 heteroatoms. The van der Waals surface area contributed by atoms with Crippen molar-refractivity contribution in [3.63, 3.8) is 0 Å². The quantitative estimate of drug-likeness (QED) is 0.844. The normalized spacial score (nSPS) is 19.8. The third-order valence-electron chi connectivity index (χ3n) is 4.14. The molecule has 0 aromatic carbocycles. The number of nitrogens with one attached hydrogen (secondary N) is 1. The highest BCUT2D eigenvalue weighted by molar-refractivity contribution is 5.95. The number of hydrogen-bond acceptors (Lipinski definition) is 6. The Morgan fingerprint density at radius 1 is 1.40 bits per heavy atom. The van der Waals surface area contributed by atoms with E-state index < -0.39 is 0 Å². The number of carbonyl (C=O) groups is 1. The summed E-state index contributed by atoms with van der Waals surface area (Å²) in [5.41, 5.74) is 1.95. The van der Waals surface area contributed by atoms with Gasteiger partial charge in [0.2, 0.25) is 0 Å². The van der Waals surface area contributed by atoms with Crippen LogP contribution in [0.5, 0.6) is 5.75 Å². The van der Waals surface area contributed by atoms with E-state index in [2.05, 4.69) is 20.6 Å². The minimum absolute atomic E-state index is 0.178. The van der Waals surface area contributed by atoms with Crippen molar-refractivity contribution in [1.82, 2.24) is 25.3 Å². The molecule has 3 heterocycles. The topological polar surface area (TPSA) is 91.2 Å². The molecule has 3 rings (SSSR count). The Kier molecular flexibility index (Phi) is 5.28. The van der Waals surface area contributed by atoms with Gasteiger partial charge in [-0.1, -0.05) is 6.92 Å². The highest BCUT2D eigenvalue weighted by Crippen LogP contribution is 2.17. The summed E-state index contributed by atoms with van der Waals surface area (Å²) < 4.78 is 13.2. The lowest BCUT2D eigenvalue weighted by molar-refractivity contribution is 0.0902. The number of rotatable bonds is 6. The van der Waals surface area contributed by atoms with Gasteiger partial charge in [0, 0.05) is 6.54 Å². The van der Waals surface area contributed by atoms with E-state index in [1.54, 1.807) is 16.9 Å². The number of aromatic nitrogens is 4. The molecule has 1 aliphatic rings. The third kappa shape index (κ3) is 3.96. The lowest BCUT2D eigenvalue weighted by Crippen LogP contribution is -2.45. The van der Waals surface area contributed by atoms with Gasteiger partial charge in [0.1, 0.15) is 6.10 Å². The SMILES string of the molecule is CCc1nnc(C)cc1C(=O)N[C@H]1COC[C@H]1Oc1cnn(CC)c1. The first-order chi connectivity index (χ1) is 12.1. The number of nitrogens with zero attached hydrogens (tertiary/aromatic N) is 4. The van der Waals surface area contributed by atoms with Crippen molar-refractivity contribution in [2.75, 3.05) is 13.2 Å². The van der Waals surface area contributed by atoms with Crippen LogP contribution in [-0.2, 0) is 17.7 Å². The molecule has 25 heavy (non-hydrogen) atoms. The molecule has 134 valence electrons. The first-order valence-electron chi connectivity index (χ1n) is 8.51. The first kappa shape index (κ1) is 17.3. The average molecular weight is 345 g/mol. The van der Waals surface area contributed by atoms with Crippen LogP contribution in [0.25, 0.3) is 0 Å². The van der Waals surface area contributed by atoms with Crippen LogP contribution in [0.1, 0.15) is 35.6 Å². The summed E-state index contributed by atoms with van der Waals surface area (Å²) in [6, 6.07) is 1.54. The van der Waals surface area contributed by atoms with Crippen molar-refractivity contribution in [1.29, 1.82) is 0 Å². The van der Waals surface area contributed by atoms with E-state index in [-0.39, 0.29) is 18.1 Å². The van der Waals surface area contributed by atoms with Crippen molar-refractivity contribution < 1.29 is 14.3 Å². The molecule has 1 saturated heterocycles. The molecular formula is C17H23N5O3. The van der Waals surface area contributed by atoms with Gasteiger partial charge in [-0.2, -0.15) is 15.3 Å². The smallest absolute Gasteiger partial charge is 0.253 e. The van der Waals surface area contributed by atoms with E-state index in [1.807, 2.05) is 27.0 Å². The summed E-state index contributed by atoms with van der Waals surface area (Å²) >= 11 is 0. The largest absolute Gasteiger partial charge is 0.482 e. The van der Waals surface area contributed by atoms with Crippen LogP contribution < -0.4 is 10.1 Å². The van der Waals surface area contributed by atoms with Crippen molar-refractivity contribution in [2.45, 2.75) is 45.9 Å². The van der Waals surface area contributed by atoms with Crippen LogP contribution >= 0.6 is 0 Å². The molecule has 0 bridgehead atoms. The molecule has 2 atom stereocenters. The second kappa shape index (κ2) is 7.60. The predicted octanol–water partition coefficient (Wildman–Crippen LogP) is 1.14. The van der Waals surface area contributed by atoms with Gasteiger partial charge < -0.3 is 14.8 Å². The van der Waals surface area contributed by atoms with Gasteiger partial charge >= 0.3 is 0 Å². The van der Waals surface area contributed by atoms with Gasteiger partial charge in [-0.15, -0.1) is 0 Å². The third-order valence-corrected chi connectivity index (χ3v) is 4.14. The zero-order chi connectivity index (χ0) is 17.8. The van der Waals surface area contributed by atoms with Crippen molar-refractivity contribution in [3.05, 3.63) is 35.4 Å². The predicted molar refractivity (Wildman–Crippen MR) is 90.5 cm³/mol. The summed E-state index contributed by atoms with van der Waals surface area (Å²) in [7, 11) is 0. The summed E-state index contributed by atoms with van der Waals surface area (Å²) in [4.78, 5) is 12.7. The second-order valence-electron chi connectivity index (χ2n) is 6.01. The maximum absolute atomic E-state index is 12.7. The van der Waals surface area contributed by atoms with E-state index in [9.17, 15) is 4.79 Å². The fourth-order valence-electron chi connectivity index (χ4n) is 2.76. The molecule has 1 N–H and O–H groups in total. The molecule has 0 saturated carbocycles. The molecule has 1 fully saturated rings. The van der Waals surface area contributed by atoms with E-state index in [0.29, 0.717) is 42.3 Å². The number of aryl methyl sites for hydroxylation is 3. The molecule has 8 nitrogen and oxygen atoms in total. The Morgan fingerprint density at radius 2 is 2.24 bits per heavy atom. The molecule has 2 aromatic rings. The maximum atomic E-state index is 12.7. The highest BCUT2D eigenvalue weighted by Gasteiger charge is 2.32. The fourth-order valence-corrected chi connectivity index (χ4v) is 2.76. The Balaban J connectivity index is 1.68. The molecular weight excluding hydrogens is 322 g/mol. The standard InChI is InChI=1S/C17H23N5O3/c1-4-14-13(6-11(3)20-21-14)17(23)19-15-9-24-10-16(15)25-12-7-18-22(5-2)8-12/h6-8,15-16H,4-5,9-10H2,1-3H3,(H,19,23)/t15-,16+/m0/s1. The lowest BCUT2D eigenvalue weighted by atomic mass is 10.1. The number of carbonyl (C=O) groups excluding carboxylic acids is 1. The first-order valence-corrected chi connectivity index (χ1v) is 8.51. The van der Waals surface area contributed by atoms with Crippen LogP contribution in [-0.4, -0.2) is 51.2 Å². The molecule has 0 unspecified atom stereocenters. The monoisotopic (exact) mass is 345 g/mol. The van der Waals surface area contributed by atoms with E-state index in [1.165, 1.54) is 0 Å². The minimum atomic E-state index is -0.251. The summed E-state index contributed by atoms with van der Waals surface area (Å²) in [5, 5.41) is 15.3. The van der Waals surface area contributed by atoms with Crippen LogP contribution in [0.3, 0.4) is 0 Å². The zero-order valence-corrected chi connectivity index (χ0v) is 14.7. The number of hydrogen-bond donors (Lipinski definition) is 1. The number of amides is 1. The van der Waals surface area contributed by atoms with E-state index >= 15 is 0 Å². The second-order valence-corrected chi connectivity index (χ2v) is 6.01. The molecule has 0 radical (unpaired) electrons.